The zero-order valence-corrected chi connectivity index (χ0v) is 31.9. The van der Waals surface area contributed by atoms with Crippen LogP contribution in [-0.2, 0) is 0 Å². The molecule has 4 nitrogen and oxygen atoms in total. The number of hydrogen-bond donors (Lipinski definition) is 0. The molecule has 1 aliphatic carbocycles. The molecule has 9 aromatic rings. The summed E-state index contributed by atoms with van der Waals surface area (Å²) in [4.78, 5) is 7.19. The van der Waals surface area contributed by atoms with Gasteiger partial charge < -0.3 is 19.3 Å². The first-order valence-electron chi connectivity index (χ1n) is 20.0. The monoisotopic (exact) mass is 744 g/mol. The third-order valence-corrected chi connectivity index (χ3v) is 11.7. The van der Waals surface area contributed by atoms with Crippen molar-refractivity contribution in [3.05, 3.63) is 236 Å². The number of rotatable bonds is 8. The minimum absolute atomic E-state index is 0.259. The molecule has 0 radical (unpaired) electrons. The number of allylic oxidation sites excluding steroid dienone is 2. The van der Waals surface area contributed by atoms with E-state index in [0.717, 1.165) is 39.8 Å². The van der Waals surface area contributed by atoms with E-state index < -0.39 is 0 Å². The molecule has 0 saturated heterocycles. The van der Waals surface area contributed by atoms with Crippen molar-refractivity contribution >= 4 is 67.3 Å². The van der Waals surface area contributed by atoms with E-state index in [2.05, 4.69) is 250 Å². The van der Waals surface area contributed by atoms with Crippen LogP contribution in [-0.4, -0.2) is 10.6 Å². The van der Waals surface area contributed by atoms with Crippen LogP contribution in [0.2, 0.25) is 0 Å². The molecule has 0 spiro atoms. The molecule has 0 saturated carbocycles. The first-order chi connectivity index (χ1) is 28.8. The maximum atomic E-state index is 2.49. The second-order valence-electron chi connectivity index (χ2n) is 15.0. The van der Waals surface area contributed by atoms with E-state index in [1.54, 1.807) is 0 Å². The highest BCUT2D eigenvalue weighted by Crippen LogP contribution is 2.48. The maximum Gasteiger partial charge on any atom is 0.0629 e. The molecule has 58 heavy (non-hydrogen) atoms. The summed E-state index contributed by atoms with van der Waals surface area (Å²) in [6.45, 7) is 0. The summed E-state index contributed by atoms with van der Waals surface area (Å²) in [5.74, 6) is 0.349. The van der Waals surface area contributed by atoms with Crippen molar-refractivity contribution in [2.75, 3.05) is 14.7 Å². The first-order valence-corrected chi connectivity index (χ1v) is 20.0. The molecule has 1 aliphatic heterocycles. The molecular formula is C54H40N4. The van der Waals surface area contributed by atoms with Crippen molar-refractivity contribution in [2.45, 2.75) is 12.0 Å². The minimum Gasteiger partial charge on any atom is -0.333 e. The third-order valence-electron chi connectivity index (χ3n) is 11.7. The van der Waals surface area contributed by atoms with Crippen molar-refractivity contribution in [3.8, 4) is 5.69 Å². The lowest BCUT2D eigenvalue weighted by atomic mass is 9.91. The Morgan fingerprint density at radius 2 is 0.828 bits per heavy atom. The highest BCUT2D eigenvalue weighted by atomic mass is 15.2. The van der Waals surface area contributed by atoms with Crippen molar-refractivity contribution in [1.82, 2.24) is 4.57 Å². The number of anilines is 8. The highest BCUT2D eigenvalue weighted by molar-refractivity contribution is 6.09. The number of benzene rings is 8. The lowest BCUT2D eigenvalue weighted by Gasteiger charge is -2.31. The smallest absolute Gasteiger partial charge is 0.0629 e. The number of hydrogen-bond acceptors (Lipinski definition) is 3. The summed E-state index contributed by atoms with van der Waals surface area (Å²) in [6.07, 6.45) is 9.02. The Morgan fingerprint density at radius 3 is 1.43 bits per heavy atom. The predicted octanol–water partition coefficient (Wildman–Crippen LogP) is 14.5. The fourth-order valence-corrected chi connectivity index (χ4v) is 9.12. The maximum absolute atomic E-state index is 2.49. The Hall–Kier alpha value is -7.56. The van der Waals surface area contributed by atoms with E-state index in [1.807, 2.05) is 0 Å². The van der Waals surface area contributed by atoms with E-state index in [0.29, 0.717) is 5.92 Å². The lowest BCUT2D eigenvalue weighted by Crippen LogP contribution is -2.28. The van der Waals surface area contributed by atoms with Crippen LogP contribution < -0.4 is 14.7 Å². The number of fused-ring (bicyclic) bond motifs is 6. The molecule has 11 rings (SSSR count). The average molecular weight is 745 g/mol. The molecule has 2 heterocycles. The van der Waals surface area contributed by atoms with Gasteiger partial charge in [-0.05, 0) is 115 Å². The van der Waals surface area contributed by atoms with Gasteiger partial charge in [0.15, 0.2) is 0 Å². The molecule has 0 fully saturated rings. The Balaban J connectivity index is 0.981. The standard InChI is InChI=1S/C54H40N4/c1-3-16-39(17-4-1)55(41-30-34-43(35-31-41)57-51-26-11-7-22-47(51)48-23-8-12-27-52(48)57)45-20-15-21-46(38-45)56(40-18-5-2-6-19-40)42-32-36-44(37-33-42)58-53-28-13-9-24-49(53)50-25-10-14-29-54(50)58/h1-38,47,51H. The molecule has 0 N–H and O–H groups in total. The molecule has 276 valence electrons. The lowest BCUT2D eigenvalue weighted by molar-refractivity contribution is 0.745. The van der Waals surface area contributed by atoms with Crippen molar-refractivity contribution in [3.63, 3.8) is 0 Å². The number of aromatic nitrogens is 1. The van der Waals surface area contributed by atoms with Crippen molar-refractivity contribution in [1.29, 1.82) is 0 Å². The molecule has 8 aromatic carbocycles. The van der Waals surface area contributed by atoms with Gasteiger partial charge in [-0.2, -0.15) is 0 Å². The SMILES string of the molecule is C1=CC2c3ccccc3N(c3ccc(N(c4ccccc4)c4cccc(N(c5ccccc5)c5ccc(-n6c7ccccc7c7ccccc76)cc5)c4)cc3)C2C=C1. The van der Waals surface area contributed by atoms with Gasteiger partial charge in [0, 0.05) is 67.9 Å². The Morgan fingerprint density at radius 1 is 0.362 bits per heavy atom. The Bertz CT molecular complexity index is 2910. The van der Waals surface area contributed by atoms with Gasteiger partial charge in [-0.15, -0.1) is 0 Å². The normalized spacial score (nSPS) is 15.4. The van der Waals surface area contributed by atoms with E-state index in [-0.39, 0.29) is 6.04 Å². The molecule has 2 unspecified atom stereocenters. The van der Waals surface area contributed by atoms with Crippen molar-refractivity contribution < 1.29 is 0 Å². The van der Waals surface area contributed by atoms with Gasteiger partial charge in [0.1, 0.15) is 0 Å². The summed E-state index contributed by atoms with van der Waals surface area (Å²) in [6, 6.07) is 74.7. The van der Waals surface area contributed by atoms with Crippen LogP contribution in [0.15, 0.2) is 231 Å². The van der Waals surface area contributed by atoms with Gasteiger partial charge in [-0.3, -0.25) is 0 Å². The van der Waals surface area contributed by atoms with Gasteiger partial charge in [-0.25, -0.2) is 0 Å². The molecule has 0 amide bonds. The van der Waals surface area contributed by atoms with Gasteiger partial charge in [0.25, 0.3) is 0 Å². The molecule has 2 aliphatic rings. The molecule has 0 bridgehead atoms. The molecule has 2 atom stereocenters. The number of para-hydroxylation sites is 5. The summed E-state index contributed by atoms with van der Waals surface area (Å²) in [5, 5.41) is 2.52. The largest absolute Gasteiger partial charge is 0.333 e. The zero-order chi connectivity index (χ0) is 38.4. The highest BCUT2D eigenvalue weighted by Gasteiger charge is 2.37. The van der Waals surface area contributed by atoms with Crippen LogP contribution >= 0.6 is 0 Å². The first kappa shape index (κ1) is 33.8. The van der Waals surface area contributed by atoms with Gasteiger partial charge in [0.05, 0.1) is 17.1 Å². The average Bonchev–Trinajstić information content (AvgIpc) is 3.81. The van der Waals surface area contributed by atoms with E-state index in [1.165, 1.54) is 38.7 Å². The second-order valence-corrected chi connectivity index (χ2v) is 15.0. The van der Waals surface area contributed by atoms with Crippen LogP contribution in [0.4, 0.5) is 45.5 Å². The zero-order valence-electron chi connectivity index (χ0n) is 31.9. The fourth-order valence-electron chi connectivity index (χ4n) is 9.12. The van der Waals surface area contributed by atoms with Crippen LogP contribution in [0.1, 0.15) is 11.5 Å². The van der Waals surface area contributed by atoms with Gasteiger partial charge in [-0.1, -0.05) is 121 Å². The van der Waals surface area contributed by atoms with E-state index >= 15 is 0 Å². The van der Waals surface area contributed by atoms with Crippen LogP contribution in [0.3, 0.4) is 0 Å². The molecule has 1 aromatic heterocycles. The van der Waals surface area contributed by atoms with Gasteiger partial charge >= 0.3 is 0 Å². The summed E-state index contributed by atoms with van der Waals surface area (Å²) >= 11 is 0. The quantitative estimate of drug-likeness (QED) is 0.154. The van der Waals surface area contributed by atoms with Crippen LogP contribution in [0, 0.1) is 0 Å². The molecular weight excluding hydrogens is 705 g/mol. The molecule has 4 heteroatoms. The van der Waals surface area contributed by atoms with E-state index in [4.69, 9.17) is 0 Å². The fraction of sp³-hybridized carbons (Fsp3) is 0.0370. The third kappa shape index (κ3) is 5.69. The van der Waals surface area contributed by atoms with E-state index in [9.17, 15) is 0 Å². The predicted molar refractivity (Wildman–Crippen MR) is 244 cm³/mol. The summed E-state index contributed by atoms with van der Waals surface area (Å²) in [5.41, 5.74) is 13.9. The van der Waals surface area contributed by atoms with Gasteiger partial charge in [0.2, 0.25) is 0 Å². The Kier molecular flexibility index (Phi) is 8.25. The summed E-state index contributed by atoms with van der Waals surface area (Å²) in [7, 11) is 0. The van der Waals surface area contributed by atoms with Crippen molar-refractivity contribution in [2.24, 2.45) is 0 Å². The van der Waals surface area contributed by atoms with Crippen LogP contribution in [0.25, 0.3) is 27.5 Å². The number of nitrogens with zero attached hydrogens (tertiary/aromatic N) is 4. The second kappa shape index (κ2) is 14.2. The Labute approximate surface area is 339 Å². The topological polar surface area (TPSA) is 14.7 Å². The van der Waals surface area contributed by atoms with Crippen LogP contribution in [0.5, 0.6) is 0 Å². The minimum atomic E-state index is 0.259. The summed E-state index contributed by atoms with van der Waals surface area (Å²) < 4.78 is 2.37.